The predicted octanol–water partition coefficient (Wildman–Crippen LogP) is -2.51. The van der Waals surface area contributed by atoms with Crippen LogP contribution in [0, 0.1) is 0 Å². The molecular formula is C25H42Cl2N10O5. The maximum absolute atomic E-state index is 13.3. The van der Waals surface area contributed by atoms with E-state index in [1.807, 2.05) is 0 Å². The molecule has 0 radical (unpaired) electrons. The fourth-order valence-corrected chi connectivity index (χ4v) is 5.32. The van der Waals surface area contributed by atoms with Gasteiger partial charge in [-0.2, -0.15) is 0 Å². The van der Waals surface area contributed by atoms with Gasteiger partial charge in [-0.15, -0.1) is 23.2 Å². The molecule has 2 aliphatic heterocycles. The molecule has 0 bridgehead atoms. The molecule has 0 spiro atoms. The minimum atomic E-state index is -1.84. The number of amides is 2. The standard InChI is InChI=1S/C25H42Cl2N10O5/c26-17(19(38)13(5-1-11-34-24(28)29)36-22(41)15-7-3-9-32-15)21(40)18(27)20(39)14(6-2-12-35-25(30)31)37-23(42)16-8-4-10-33-16/h13-18,32-33H,1-12H2,(H,36,41)(H,37,42)(H4,28,29,34)(H4,30,31,35)/t13-,14-,15-,16-,17?,18?/m0/s1. The first-order valence-corrected chi connectivity index (χ1v) is 14.9. The van der Waals surface area contributed by atoms with Crippen LogP contribution in [0.4, 0.5) is 0 Å². The molecule has 17 heteroatoms. The number of carbonyl (C=O) groups is 5. The Kier molecular flexibility index (Phi) is 14.9. The van der Waals surface area contributed by atoms with Crippen molar-refractivity contribution in [1.29, 1.82) is 0 Å². The van der Waals surface area contributed by atoms with Crippen LogP contribution in [0.2, 0.25) is 0 Å². The first kappa shape index (κ1) is 35.2. The number of nitrogens with one attached hydrogen (secondary N) is 4. The fraction of sp³-hybridized carbons (Fsp3) is 0.720. The smallest absolute Gasteiger partial charge is 0.237 e. The first-order chi connectivity index (χ1) is 19.9. The van der Waals surface area contributed by atoms with Gasteiger partial charge in [0, 0.05) is 13.1 Å². The number of rotatable bonds is 18. The molecule has 0 aromatic carbocycles. The van der Waals surface area contributed by atoms with E-state index in [1.54, 1.807) is 0 Å². The Hall–Kier alpha value is -3.01. The Morgan fingerprint density at radius 3 is 1.38 bits per heavy atom. The summed E-state index contributed by atoms with van der Waals surface area (Å²) in [6.45, 7) is 1.68. The van der Waals surface area contributed by atoms with Crippen molar-refractivity contribution < 1.29 is 24.0 Å². The number of alkyl halides is 2. The third-order valence-corrected chi connectivity index (χ3v) is 7.82. The molecule has 2 saturated heterocycles. The van der Waals surface area contributed by atoms with E-state index in [4.69, 9.17) is 46.1 Å². The first-order valence-electron chi connectivity index (χ1n) is 14.0. The van der Waals surface area contributed by atoms with Crippen LogP contribution in [-0.4, -0.2) is 102 Å². The molecule has 2 amide bonds. The van der Waals surface area contributed by atoms with E-state index in [2.05, 4.69) is 31.3 Å². The molecule has 2 fully saturated rings. The summed E-state index contributed by atoms with van der Waals surface area (Å²) in [6.07, 6.45) is 3.55. The Morgan fingerprint density at radius 1 is 0.690 bits per heavy atom. The van der Waals surface area contributed by atoms with Crippen molar-refractivity contribution in [2.45, 2.75) is 86.3 Å². The van der Waals surface area contributed by atoms with Gasteiger partial charge in [0.2, 0.25) is 11.8 Å². The van der Waals surface area contributed by atoms with Gasteiger partial charge in [0.15, 0.2) is 40.0 Å². The second-order valence-corrected chi connectivity index (χ2v) is 11.1. The van der Waals surface area contributed by atoms with Crippen molar-refractivity contribution >= 4 is 64.3 Å². The van der Waals surface area contributed by atoms with Gasteiger partial charge in [-0.3, -0.25) is 34.0 Å². The number of halogens is 2. The summed E-state index contributed by atoms with van der Waals surface area (Å²) < 4.78 is 0. The van der Waals surface area contributed by atoms with E-state index in [-0.39, 0.29) is 37.9 Å². The number of nitrogens with zero attached hydrogens (tertiary/aromatic N) is 2. The fourth-order valence-electron chi connectivity index (χ4n) is 4.70. The van der Waals surface area contributed by atoms with Gasteiger partial charge in [0.1, 0.15) is 0 Å². The van der Waals surface area contributed by atoms with Crippen molar-refractivity contribution in [3.63, 3.8) is 0 Å². The van der Waals surface area contributed by atoms with Crippen molar-refractivity contribution in [3.05, 3.63) is 0 Å². The van der Waals surface area contributed by atoms with Gasteiger partial charge in [-0.25, -0.2) is 0 Å². The zero-order chi connectivity index (χ0) is 31.2. The van der Waals surface area contributed by atoms with Crippen LogP contribution in [-0.2, 0) is 24.0 Å². The van der Waals surface area contributed by atoms with E-state index in [0.29, 0.717) is 38.8 Å². The Bertz CT molecular complexity index is 945. The predicted molar refractivity (Wildman–Crippen MR) is 160 cm³/mol. The average Bonchev–Trinajstić information content (AvgIpc) is 3.69. The summed E-state index contributed by atoms with van der Waals surface area (Å²) in [7, 11) is 0. The SMILES string of the molecule is NC(N)=NCCC[C@H](NC(=O)[C@@H]1CCCN1)C(=O)C(Cl)C(=O)C(Cl)C(=O)[C@H](CCCN=C(N)N)NC(=O)[C@@H]1CCCN1. The van der Waals surface area contributed by atoms with E-state index < -0.39 is 64.1 Å². The minimum Gasteiger partial charge on any atom is -0.370 e. The molecule has 6 atom stereocenters. The third-order valence-electron chi connectivity index (χ3n) is 6.96. The topological polar surface area (TPSA) is 262 Å². The van der Waals surface area contributed by atoms with Crippen molar-refractivity contribution in [2.75, 3.05) is 26.2 Å². The number of hydrogen-bond donors (Lipinski definition) is 8. The number of guanidine groups is 2. The van der Waals surface area contributed by atoms with Crippen LogP contribution in [0.5, 0.6) is 0 Å². The molecule has 236 valence electrons. The molecule has 42 heavy (non-hydrogen) atoms. The summed E-state index contributed by atoms with van der Waals surface area (Å²) in [5.41, 5.74) is 21.4. The van der Waals surface area contributed by atoms with E-state index in [9.17, 15) is 24.0 Å². The maximum Gasteiger partial charge on any atom is 0.237 e. The third kappa shape index (κ3) is 11.3. The van der Waals surface area contributed by atoms with E-state index in [0.717, 1.165) is 12.8 Å². The highest BCUT2D eigenvalue weighted by Crippen LogP contribution is 2.17. The zero-order valence-electron chi connectivity index (χ0n) is 23.5. The zero-order valence-corrected chi connectivity index (χ0v) is 25.0. The molecule has 15 nitrogen and oxygen atoms in total. The minimum absolute atomic E-state index is 0.0866. The lowest BCUT2D eigenvalue weighted by atomic mass is 9.96. The molecule has 0 aromatic rings. The lowest BCUT2D eigenvalue weighted by molar-refractivity contribution is -0.134. The van der Waals surface area contributed by atoms with Crippen LogP contribution in [0.15, 0.2) is 9.98 Å². The molecule has 0 saturated carbocycles. The van der Waals surface area contributed by atoms with E-state index >= 15 is 0 Å². The molecule has 2 heterocycles. The number of Topliss-reactive ketones (excluding diaryl/α,β-unsaturated/α-hetero) is 3. The molecule has 2 aliphatic rings. The average molecular weight is 634 g/mol. The van der Waals surface area contributed by atoms with Gasteiger partial charge in [0.05, 0.1) is 24.2 Å². The molecule has 0 aliphatic carbocycles. The normalized spacial score (nSPS) is 20.9. The van der Waals surface area contributed by atoms with Crippen LogP contribution >= 0.6 is 23.2 Å². The lowest BCUT2D eigenvalue weighted by Crippen LogP contribution is -2.54. The summed E-state index contributed by atoms with van der Waals surface area (Å²) in [5.74, 6) is -3.78. The van der Waals surface area contributed by atoms with Gasteiger partial charge >= 0.3 is 0 Å². The van der Waals surface area contributed by atoms with Crippen molar-refractivity contribution in [2.24, 2.45) is 32.9 Å². The molecular weight excluding hydrogens is 591 g/mol. The van der Waals surface area contributed by atoms with Crippen molar-refractivity contribution in [1.82, 2.24) is 21.3 Å². The second kappa shape index (κ2) is 17.8. The summed E-state index contributed by atoms with van der Waals surface area (Å²) >= 11 is 12.6. The molecule has 2 rings (SSSR count). The van der Waals surface area contributed by atoms with Gasteiger partial charge in [0.25, 0.3) is 0 Å². The Balaban J connectivity index is 2.12. The number of aliphatic imine (C=N–C) groups is 2. The molecule has 2 unspecified atom stereocenters. The van der Waals surface area contributed by atoms with Crippen LogP contribution in [0.3, 0.4) is 0 Å². The van der Waals surface area contributed by atoms with Crippen LogP contribution < -0.4 is 44.2 Å². The molecule has 0 aromatic heterocycles. The lowest BCUT2D eigenvalue weighted by Gasteiger charge is -2.24. The Labute approximate surface area is 254 Å². The van der Waals surface area contributed by atoms with Gasteiger partial charge < -0.3 is 44.2 Å². The number of carbonyl (C=O) groups excluding carboxylic acids is 5. The summed E-state index contributed by atoms with van der Waals surface area (Å²) in [6, 6.07) is -3.27. The summed E-state index contributed by atoms with van der Waals surface area (Å²) in [4.78, 5) is 73.0. The highest BCUT2D eigenvalue weighted by Gasteiger charge is 2.40. The van der Waals surface area contributed by atoms with Crippen LogP contribution in [0.25, 0.3) is 0 Å². The highest BCUT2D eigenvalue weighted by molar-refractivity contribution is 6.52. The van der Waals surface area contributed by atoms with Crippen LogP contribution in [0.1, 0.15) is 51.4 Å². The maximum atomic E-state index is 13.3. The quantitative estimate of drug-likeness (QED) is 0.0257. The molecule has 12 N–H and O–H groups in total. The number of hydrogen-bond acceptors (Lipinski definition) is 9. The number of ketones is 3. The van der Waals surface area contributed by atoms with Crippen molar-refractivity contribution in [3.8, 4) is 0 Å². The van der Waals surface area contributed by atoms with Gasteiger partial charge in [-0.05, 0) is 64.5 Å². The second-order valence-electron chi connectivity index (χ2n) is 10.3. The largest absolute Gasteiger partial charge is 0.370 e. The van der Waals surface area contributed by atoms with Gasteiger partial charge in [-0.1, -0.05) is 0 Å². The summed E-state index contributed by atoms with van der Waals surface area (Å²) in [5, 5.41) is 7.70. The number of nitrogens with two attached hydrogens (primary N) is 4. The Morgan fingerprint density at radius 2 is 1.07 bits per heavy atom. The highest BCUT2D eigenvalue weighted by atomic mass is 35.5. The monoisotopic (exact) mass is 632 g/mol. The van der Waals surface area contributed by atoms with E-state index in [1.165, 1.54) is 0 Å².